The number of oxazole rings is 1. The van der Waals surface area contributed by atoms with Crippen molar-refractivity contribution in [2.45, 2.75) is 13.3 Å². The number of carbonyl (C=O) groups is 1. The van der Waals surface area contributed by atoms with Crippen LogP contribution in [0.2, 0.25) is 5.15 Å². The number of nitrogens with zero attached hydrogens (tertiary/aromatic N) is 2. The zero-order valence-corrected chi connectivity index (χ0v) is 16.0. The number of fused-ring (bicyclic) bond motifs is 1. The first-order valence-corrected chi connectivity index (χ1v) is 9.33. The number of para-hydroxylation sites is 1. The maximum atomic E-state index is 12.6. The summed E-state index contributed by atoms with van der Waals surface area (Å²) in [6.45, 7) is 2.47. The maximum Gasteiger partial charge on any atom is 0.252 e. The van der Waals surface area contributed by atoms with Gasteiger partial charge in [-0.2, -0.15) is 0 Å². The summed E-state index contributed by atoms with van der Waals surface area (Å²) in [5.74, 6) is 0.385. The molecule has 0 fully saturated rings. The van der Waals surface area contributed by atoms with Crippen molar-refractivity contribution in [3.8, 4) is 11.5 Å². The Morgan fingerprint density at radius 2 is 1.89 bits per heavy atom. The van der Waals surface area contributed by atoms with Gasteiger partial charge in [-0.1, -0.05) is 47.5 Å². The fourth-order valence-electron chi connectivity index (χ4n) is 2.98. The largest absolute Gasteiger partial charge is 0.444 e. The van der Waals surface area contributed by atoms with Crippen LogP contribution in [-0.2, 0) is 6.42 Å². The number of benzene rings is 2. The van der Waals surface area contributed by atoms with Crippen LogP contribution >= 0.6 is 11.6 Å². The Morgan fingerprint density at radius 1 is 1.11 bits per heavy atom. The molecule has 2 aromatic carbocycles. The van der Waals surface area contributed by atoms with E-state index in [0.29, 0.717) is 35.1 Å². The number of aryl methyl sites for hydroxylation is 1. The van der Waals surface area contributed by atoms with E-state index >= 15 is 0 Å². The Morgan fingerprint density at radius 3 is 2.71 bits per heavy atom. The van der Waals surface area contributed by atoms with Crippen molar-refractivity contribution in [1.82, 2.24) is 15.3 Å². The van der Waals surface area contributed by atoms with Gasteiger partial charge in [0.15, 0.2) is 0 Å². The molecule has 0 aliphatic carbocycles. The van der Waals surface area contributed by atoms with E-state index in [1.54, 1.807) is 12.3 Å². The molecule has 4 aromatic rings. The standard InChI is InChI=1S/C22H18ClN3O2/c1-14-6-8-15(9-7-14)22-25-16(13-28-22)10-11-24-21(27)18-12-20(23)26-19-5-3-2-4-17(18)19/h2-9,12-13H,10-11H2,1H3,(H,24,27). The lowest BCUT2D eigenvalue weighted by atomic mass is 10.1. The normalized spacial score (nSPS) is 10.9. The van der Waals surface area contributed by atoms with Gasteiger partial charge in [0, 0.05) is 23.9 Å². The van der Waals surface area contributed by atoms with E-state index in [-0.39, 0.29) is 5.91 Å². The first-order chi connectivity index (χ1) is 13.6. The van der Waals surface area contributed by atoms with Crippen LogP contribution in [0, 0.1) is 6.92 Å². The highest BCUT2D eigenvalue weighted by Gasteiger charge is 2.13. The quantitative estimate of drug-likeness (QED) is 0.495. The summed E-state index contributed by atoms with van der Waals surface area (Å²) in [6.07, 6.45) is 2.19. The highest BCUT2D eigenvalue weighted by Crippen LogP contribution is 2.21. The van der Waals surface area contributed by atoms with Crippen molar-refractivity contribution in [1.29, 1.82) is 0 Å². The third kappa shape index (κ3) is 3.89. The van der Waals surface area contributed by atoms with Crippen LogP contribution < -0.4 is 5.32 Å². The molecule has 0 atom stereocenters. The molecule has 0 saturated carbocycles. The lowest BCUT2D eigenvalue weighted by molar-refractivity contribution is 0.0955. The van der Waals surface area contributed by atoms with Crippen molar-refractivity contribution in [3.63, 3.8) is 0 Å². The summed E-state index contributed by atoms with van der Waals surface area (Å²) in [5.41, 5.74) is 4.10. The summed E-state index contributed by atoms with van der Waals surface area (Å²) in [4.78, 5) is 21.4. The monoisotopic (exact) mass is 391 g/mol. The lowest BCUT2D eigenvalue weighted by Crippen LogP contribution is -2.26. The minimum Gasteiger partial charge on any atom is -0.444 e. The van der Waals surface area contributed by atoms with Gasteiger partial charge in [-0.15, -0.1) is 0 Å². The van der Waals surface area contributed by atoms with E-state index in [0.717, 1.165) is 16.6 Å². The summed E-state index contributed by atoms with van der Waals surface area (Å²) in [6, 6.07) is 17.0. The smallest absolute Gasteiger partial charge is 0.252 e. The van der Waals surface area contributed by atoms with Crippen molar-refractivity contribution in [2.24, 2.45) is 0 Å². The van der Waals surface area contributed by atoms with Crippen molar-refractivity contribution in [2.75, 3.05) is 6.54 Å². The number of pyridine rings is 1. The molecule has 4 rings (SSSR count). The van der Waals surface area contributed by atoms with Gasteiger partial charge in [0.25, 0.3) is 5.91 Å². The molecule has 6 heteroatoms. The van der Waals surface area contributed by atoms with Gasteiger partial charge in [-0.3, -0.25) is 4.79 Å². The van der Waals surface area contributed by atoms with Crippen LogP contribution in [0.4, 0.5) is 0 Å². The second kappa shape index (κ2) is 7.82. The molecule has 5 nitrogen and oxygen atoms in total. The molecule has 0 bridgehead atoms. The van der Waals surface area contributed by atoms with Gasteiger partial charge in [-0.05, 0) is 31.2 Å². The second-order valence-corrected chi connectivity index (χ2v) is 6.91. The minimum atomic E-state index is -0.192. The topological polar surface area (TPSA) is 68.0 Å². The fourth-order valence-corrected chi connectivity index (χ4v) is 3.18. The van der Waals surface area contributed by atoms with Crippen molar-refractivity contribution in [3.05, 3.63) is 82.8 Å². The Bertz CT molecular complexity index is 1140. The van der Waals surface area contributed by atoms with Crippen molar-refractivity contribution >= 4 is 28.4 Å². The molecule has 0 unspecified atom stereocenters. The predicted octanol–water partition coefficient (Wildman–Crippen LogP) is 4.82. The molecule has 0 saturated heterocycles. The molecule has 2 aromatic heterocycles. The Balaban J connectivity index is 1.42. The number of hydrogen-bond acceptors (Lipinski definition) is 4. The number of amides is 1. The number of nitrogens with one attached hydrogen (secondary N) is 1. The molecule has 0 aliphatic heterocycles. The van der Waals surface area contributed by atoms with E-state index in [1.807, 2.05) is 55.5 Å². The van der Waals surface area contributed by atoms with Crippen LogP contribution in [0.25, 0.3) is 22.4 Å². The lowest BCUT2D eigenvalue weighted by Gasteiger charge is -2.08. The first kappa shape index (κ1) is 18.2. The van der Waals surface area contributed by atoms with Crippen LogP contribution in [-0.4, -0.2) is 22.4 Å². The summed E-state index contributed by atoms with van der Waals surface area (Å²) in [7, 11) is 0. The van der Waals surface area contributed by atoms with Crippen LogP contribution in [0.5, 0.6) is 0 Å². The van der Waals surface area contributed by atoms with Gasteiger partial charge in [-0.25, -0.2) is 9.97 Å². The predicted molar refractivity (Wildman–Crippen MR) is 109 cm³/mol. The number of hydrogen-bond donors (Lipinski definition) is 1. The second-order valence-electron chi connectivity index (χ2n) is 6.53. The molecule has 140 valence electrons. The van der Waals surface area contributed by atoms with Gasteiger partial charge in [0.05, 0.1) is 16.8 Å². The van der Waals surface area contributed by atoms with Crippen LogP contribution in [0.1, 0.15) is 21.6 Å². The van der Waals surface area contributed by atoms with Crippen molar-refractivity contribution < 1.29 is 9.21 Å². The van der Waals surface area contributed by atoms with Gasteiger partial charge in [0.2, 0.25) is 5.89 Å². The molecule has 1 amide bonds. The zero-order valence-electron chi connectivity index (χ0n) is 15.3. The Hall–Kier alpha value is -3.18. The molecule has 2 heterocycles. The third-order valence-corrected chi connectivity index (χ3v) is 4.64. The number of halogens is 1. The molecule has 28 heavy (non-hydrogen) atoms. The highest BCUT2D eigenvalue weighted by atomic mass is 35.5. The molecular formula is C22H18ClN3O2. The number of aromatic nitrogens is 2. The van der Waals surface area contributed by atoms with E-state index in [4.69, 9.17) is 16.0 Å². The van der Waals surface area contributed by atoms with E-state index in [1.165, 1.54) is 5.56 Å². The highest BCUT2D eigenvalue weighted by molar-refractivity contribution is 6.30. The summed E-state index contributed by atoms with van der Waals surface area (Å²) >= 11 is 6.06. The molecule has 1 N–H and O–H groups in total. The van der Waals surface area contributed by atoms with Gasteiger partial charge in [0.1, 0.15) is 11.4 Å². The molecule has 0 radical (unpaired) electrons. The van der Waals surface area contributed by atoms with Gasteiger partial charge >= 0.3 is 0 Å². The van der Waals surface area contributed by atoms with Crippen LogP contribution in [0.15, 0.2) is 65.3 Å². The average Bonchev–Trinajstić information content (AvgIpc) is 3.16. The number of carbonyl (C=O) groups excluding carboxylic acids is 1. The minimum absolute atomic E-state index is 0.192. The van der Waals surface area contributed by atoms with Crippen LogP contribution in [0.3, 0.4) is 0 Å². The first-order valence-electron chi connectivity index (χ1n) is 8.95. The van der Waals surface area contributed by atoms with E-state index in [2.05, 4.69) is 15.3 Å². The Labute approximate surface area is 167 Å². The van der Waals surface area contributed by atoms with E-state index in [9.17, 15) is 4.79 Å². The molecule has 0 aliphatic rings. The molecular weight excluding hydrogens is 374 g/mol. The van der Waals surface area contributed by atoms with Gasteiger partial charge < -0.3 is 9.73 Å². The Kier molecular flexibility index (Phi) is 5.08. The summed E-state index contributed by atoms with van der Waals surface area (Å²) < 4.78 is 5.56. The van der Waals surface area contributed by atoms with E-state index < -0.39 is 0 Å². The fraction of sp³-hybridized carbons (Fsp3) is 0.136. The SMILES string of the molecule is Cc1ccc(-c2nc(CCNC(=O)c3cc(Cl)nc4ccccc34)co2)cc1. The average molecular weight is 392 g/mol. The zero-order chi connectivity index (χ0) is 19.5. The summed E-state index contributed by atoms with van der Waals surface area (Å²) in [5, 5.41) is 3.98. The molecule has 0 spiro atoms. The number of rotatable bonds is 5. The maximum absolute atomic E-state index is 12.6. The third-order valence-electron chi connectivity index (χ3n) is 4.45.